The van der Waals surface area contributed by atoms with Crippen LogP contribution in [0.15, 0.2) is 29.1 Å². The molecule has 3 fully saturated rings. The molecule has 2 bridgehead atoms. The molecule has 6 nitrogen and oxygen atoms in total. The van der Waals surface area contributed by atoms with Crippen LogP contribution in [-0.4, -0.2) is 43.7 Å². The molecular formula is C30H43N3O3. The summed E-state index contributed by atoms with van der Waals surface area (Å²) in [5.74, 6) is 1.81. The molecule has 36 heavy (non-hydrogen) atoms. The minimum Gasteiger partial charge on any atom is -0.476 e. The number of carboxylic acid groups (broad SMARTS) is 1. The smallest absolute Gasteiger partial charge is 0.360 e. The highest BCUT2D eigenvalue weighted by Gasteiger charge is 2.44. The van der Waals surface area contributed by atoms with Crippen LogP contribution >= 0.6 is 0 Å². The Morgan fingerprint density at radius 3 is 2.11 bits per heavy atom. The molecule has 0 spiro atoms. The average Bonchev–Trinajstić information content (AvgIpc) is 2.80. The van der Waals surface area contributed by atoms with Gasteiger partial charge in [0.15, 0.2) is 0 Å². The zero-order valence-electron chi connectivity index (χ0n) is 22.4. The lowest BCUT2D eigenvalue weighted by Crippen LogP contribution is -2.58. The highest BCUT2D eigenvalue weighted by molar-refractivity contribution is 5.88. The van der Waals surface area contributed by atoms with E-state index in [1.807, 2.05) is 24.3 Å². The maximum Gasteiger partial charge on any atom is 0.360 e. The number of fused-ring (bicyclic) bond motifs is 3. The van der Waals surface area contributed by atoms with E-state index < -0.39 is 11.5 Å². The van der Waals surface area contributed by atoms with E-state index in [0.29, 0.717) is 23.6 Å². The van der Waals surface area contributed by atoms with E-state index in [9.17, 15) is 14.7 Å². The molecule has 6 heteroatoms. The van der Waals surface area contributed by atoms with Crippen LogP contribution < -0.4 is 5.56 Å². The molecule has 1 saturated carbocycles. The molecule has 2 aliphatic heterocycles. The second-order valence-electron chi connectivity index (χ2n) is 12.6. The lowest BCUT2D eigenvalue weighted by molar-refractivity contribution is -0.0361. The Morgan fingerprint density at radius 2 is 1.53 bits per heavy atom. The first-order chi connectivity index (χ1) is 17.2. The molecule has 196 valence electrons. The number of carbonyl (C=O) groups is 1. The highest BCUT2D eigenvalue weighted by atomic mass is 16.4. The molecule has 0 radical (unpaired) electrons. The number of hydrogen-bond acceptors (Lipinski definition) is 4. The molecule has 5 rings (SSSR count). The van der Waals surface area contributed by atoms with Gasteiger partial charge in [-0.3, -0.25) is 9.69 Å². The van der Waals surface area contributed by atoms with E-state index >= 15 is 0 Å². The number of aromatic carboxylic acids is 1. The number of nitrogens with zero attached hydrogens (tertiary/aromatic N) is 3. The normalized spacial score (nSPS) is 33.9. The summed E-state index contributed by atoms with van der Waals surface area (Å²) in [5.41, 5.74) is 0.538. The summed E-state index contributed by atoms with van der Waals surface area (Å²) in [7, 11) is 0. The van der Waals surface area contributed by atoms with Crippen molar-refractivity contribution >= 4 is 17.0 Å². The van der Waals surface area contributed by atoms with Gasteiger partial charge in [0.05, 0.1) is 11.0 Å². The summed E-state index contributed by atoms with van der Waals surface area (Å²) in [5, 5.41) is 9.69. The van der Waals surface area contributed by atoms with Crippen LogP contribution in [0.1, 0.15) is 102 Å². The van der Waals surface area contributed by atoms with Crippen molar-refractivity contribution in [2.24, 2.45) is 23.7 Å². The number of rotatable bonds is 4. The molecule has 2 saturated heterocycles. The van der Waals surface area contributed by atoms with Crippen LogP contribution in [0.3, 0.4) is 0 Å². The molecule has 1 aliphatic carbocycles. The number of piperidine rings is 2. The monoisotopic (exact) mass is 493 g/mol. The number of hydrogen-bond donors (Lipinski definition) is 1. The van der Waals surface area contributed by atoms with Crippen LogP contribution in [-0.2, 0) is 0 Å². The van der Waals surface area contributed by atoms with Gasteiger partial charge in [0.25, 0.3) is 5.56 Å². The van der Waals surface area contributed by atoms with E-state index in [0.717, 1.165) is 42.0 Å². The third kappa shape index (κ3) is 4.85. The third-order valence-corrected chi connectivity index (χ3v) is 9.49. The van der Waals surface area contributed by atoms with Crippen LogP contribution in [0.2, 0.25) is 0 Å². The van der Waals surface area contributed by atoms with Gasteiger partial charge in [0.2, 0.25) is 5.69 Å². The fraction of sp³-hybridized carbons (Fsp3) is 0.700. The van der Waals surface area contributed by atoms with Crippen molar-refractivity contribution in [1.82, 2.24) is 14.5 Å². The van der Waals surface area contributed by atoms with Crippen molar-refractivity contribution < 1.29 is 9.90 Å². The maximum atomic E-state index is 13.4. The van der Waals surface area contributed by atoms with Gasteiger partial charge in [-0.15, -0.1) is 0 Å². The zero-order chi connectivity index (χ0) is 25.6. The van der Waals surface area contributed by atoms with E-state index in [-0.39, 0.29) is 11.7 Å². The van der Waals surface area contributed by atoms with Gasteiger partial charge in [-0.25, -0.2) is 9.78 Å². The standard InChI is InChI=1S/C30H43N3O3/c1-18(2)21-12-19(3)14-24(15-20(4)13-21)32-22-8-7-9-23(32)17-25(16-22)33-27-11-6-5-10-26(27)31-28(29(33)34)30(35)36/h5-6,10-11,18-25H,7-9,12-17H2,1-4H3,(H,35,36)/t19-,20+,21?,22-,23+,24-,25+. The number of para-hydroxylation sites is 2. The molecule has 1 aromatic carbocycles. The SMILES string of the molecule is CC(C)C1C[C@@H](C)C[C@@H](N2[C@@H]3CCC[C@H]2C[C@@H](n2c(=O)c(C(=O)O)nc4ccccc42)C3)C[C@@H](C)C1. The minimum atomic E-state index is -1.24. The van der Waals surface area contributed by atoms with Crippen molar-refractivity contribution in [2.45, 2.75) is 110 Å². The lowest BCUT2D eigenvalue weighted by atomic mass is 9.72. The first kappa shape index (κ1) is 25.4. The summed E-state index contributed by atoms with van der Waals surface area (Å²) >= 11 is 0. The van der Waals surface area contributed by atoms with E-state index in [4.69, 9.17) is 0 Å². The second kappa shape index (κ2) is 10.3. The van der Waals surface area contributed by atoms with Gasteiger partial charge >= 0.3 is 5.97 Å². The van der Waals surface area contributed by atoms with Crippen LogP contribution in [0.5, 0.6) is 0 Å². The average molecular weight is 494 g/mol. The van der Waals surface area contributed by atoms with Gasteiger partial charge < -0.3 is 9.67 Å². The van der Waals surface area contributed by atoms with Gasteiger partial charge in [0, 0.05) is 24.2 Å². The summed E-state index contributed by atoms with van der Waals surface area (Å²) < 4.78 is 1.78. The third-order valence-electron chi connectivity index (χ3n) is 9.49. The van der Waals surface area contributed by atoms with Crippen LogP contribution in [0.4, 0.5) is 0 Å². The molecule has 1 aromatic heterocycles. The molecule has 3 heterocycles. The Labute approximate surface area is 215 Å². The van der Waals surface area contributed by atoms with Gasteiger partial charge in [-0.2, -0.15) is 0 Å². The van der Waals surface area contributed by atoms with E-state index in [1.165, 1.54) is 44.9 Å². The molecule has 3 aliphatic rings. The van der Waals surface area contributed by atoms with Crippen molar-refractivity contribution in [3.63, 3.8) is 0 Å². The number of benzene rings is 1. The molecule has 2 aromatic rings. The Balaban J connectivity index is 1.45. The van der Waals surface area contributed by atoms with Gasteiger partial charge in [-0.05, 0) is 87.2 Å². The van der Waals surface area contributed by atoms with Crippen molar-refractivity contribution in [1.29, 1.82) is 0 Å². The topological polar surface area (TPSA) is 75.4 Å². The lowest BCUT2D eigenvalue weighted by Gasteiger charge is -2.54. The fourth-order valence-corrected chi connectivity index (χ4v) is 7.99. The predicted octanol–water partition coefficient (Wildman–Crippen LogP) is 6.14. The summed E-state index contributed by atoms with van der Waals surface area (Å²) in [6, 6.07) is 9.05. The molecule has 0 amide bonds. The molecule has 1 unspecified atom stereocenters. The van der Waals surface area contributed by atoms with Crippen molar-refractivity contribution in [2.75, 3.05) is 0 Å². The molecule has 1 N–H and O–H groups in total. The van der Waals surface area contributed by atoms with E-state index in [2.05, 4.69) is 37.6 Å². The number of carboxylic acids is 1. The Hall–Kier alpha value is -2.21. The second-order valence-corrected chi connectivity index (χ2v) is 12.6. The van der Waals surface area contributed by atoms with Crippen LogP contribution in [0, 0.1) is 23.7 Å². The fourth-order valence-electron chi connectivity index (χ4n) is 7.99. The van der Waals surface area contributed by atoms with Crippen molar-refractivity contribution in [3.05, 3.63) is 40.3 Å². The largest absolute Gasteiger partial charge is 0.476 e. The highest BCUT2D eigenvalue weighted by Crippen LogP contribution is 2.44. The van der Waals surface area contributed by atoms with Gasteiger partial charge in [-0.1, -0.05) is 46.2 Å². The first-order valence-electron chi connectivity index (χ1n) is 14.2. The zero-order valence-corrected chi connectivity index (χ0v) is 22.4. The predicted molar refractivity (Wildman–Crippen MR) is 143 cm³/mol. The number of aromatic nitrogens is 2. The minimum absolute atomic E-state index is 0.0174. The quantitative estimate of drug-likeness (QED) is 0.554. The molecular weight excluding hydrogens is 450 g/mol. The van der Waals surface area contributed by atoms with E-state index in [1.54, 1.807) is 4.57 Å². The Morgan fingerprint density at radius 1 is 0.917 bits per heavy atom. The van der Waals surface area contributed by atoms with Crippen LogP contribution in [0.25, 0.3) is 11.0 Å². The summed E-state index contributed by atoms with van der Waals surface area (Å²) in [6.07, 6.45) is 10.6. The first-order valence-corrected chi connectivity index (χ1v) is 14.2. The summed E-state index contributed by atoms with van der Waals surface area (Å²) in [4.78, 5) is 32.3. The Bertz CT molecular complexity index is 1130. The summed E-state index contributed by atoms with van der Waals surface area (Å²) in [6.45, 7) is 9.69. The van der Waals surface area contributed by atoms with Crippen molar-refractivity contribution in [3.8, 4) is 0 Å². The Kier molecular flexibility index (Phi) is 7.26. The maximum absolute atomic E-state index is 13.4. The van der Waals surface area contributed by atoms with Gasteiger partial charge in [0.1, 0.15) is 0 Å². The molecule has 7 atom stereocenters.